The van der Waals surface area contributed by atoms with Crippen molar-refractivity contribution in [1.29, 1.82) is 0 Å². The molecule has 0 aliphatic heterocycles. The number of unbranched alkanes of at least 4 members (excludes halogenated alkanes) is 1. The first-order chi connectivity index (χ1) is 13.8. The molecule has 0 radical (unpaired) electrons. The van der Waals surface area contributed by atoms with E-state index in [4.69, 9.17) is 10.2 Å². The molecule has 9 heteroatoms. The van der Waals surface area contributed by atoms with Crippen LogP contribution in [0.2, 0.25) is 0 Å². The Morgan fingerprint density at radius 3 is 2.62 bits per heavy atom. The van der Waals surface area contributed by atoms with E-state index in [1.807, 2.05) is 37.3 Å². The number of anilines is 2. The molecule has 0 saturated heterocycles. The number of oxazole rings is 1. The molecular weight excluding hydrogens is 374 g/mol. The van der Waals surface area contributed by atoms with E-state index in [9.17, 15) is 14.4 Å². The zero-order chi connectivity index (χ0) is 21.1. The molecule has 0 unspecified atom stereocenters. The van der Waals surface area contributed by atoms with Crippen LogP contribution < -0.4 is 21.9 Å². The lowest BCUT2D eigenvalue weighted by Crippen LogP contribution is -2.39. The van der Waals surface area contributed by atoms with Crippen LogP contribution >= 0.6 is 0 Å². The number of rotatable bonds is 6. The van der Waals surface area contributed by atoms with Crippen molar-refractivity contribution in [3.63, 3.8) is 0 Å². The fourth-order valence-electron chi connectivity index (χ4n) is 3.00. The smallest absolute Gasteiger partial charge is 0.330 e. The van der Waals surface area contributed by atoms with E-state index >= 15 is 0 Å². The number of nitrogens with zero attached hydrogens (tertiary/aromatic N) is 3. The molecule has 0 aliphatic carbocycles. The number of benzene rings is 1. The van der Waals surface area contributed by atoms with E-state index in [2.05, 4.69) is 9.97 Å². The number of carbonyl (C=O) groups excluding carboxylic acids is 1. The van der Waals surface area contributed by atoms with E-state index in [1.54, 1.807) is 6.92 Å². The maximum Gasteiger partial charge on any atom is 0.330 e. The molecular formula is C20H23N5O4. The van der Waals surface area contributed by atoms with E-state index in [0.717, 1.165) is 16.9 Å². The van der Waals surface area contributed by atoms with Crippen molar-refractivity contribution in [2.75, 3.05) is 17.7 Å². The molecule has 2 heterocycles. The zero-order valence-corrected chi connectivity index (χ0v) is 16.6. The van der Waals surface area contributed by atoms with Crippen molar-refractivity contribution >= 4 is 17.4 Å². The number of nitrogen functional groups attached to an aromatic ring is 1. The highest BCUT2D eigenvalue weighted by atomic mass is 16.4. The van der Waals surface area contributed by atoms with Gasteiger partial charge in [-0.05, 0) is 25.5 Å². The highest BCUT2D eigenvalue weighted by molar-refractivity contribution is 6.06. The van der Waals surface area contributed by atoms with Crippen molar-refractivity contribution in [2.24, 2.45) is 0 Å². The topological polar surface area (TPSA) is 127 Å². The van der Waals surface area contributed by atoms with Gasteiger partial charge >= 0.3 is 5.69 Å². The van der Waals surface area contributed by atoms with Gasteiger partial charge < -0.3 is 15.1 Å². The fraction of sp³-hybridized carbons (Fsp3) is 0.300. The molecule has 2 aromatic heterocycles. The molecule has 3 N–H and O–H groups in total. The SMILES string of the molecule is CCCCn1c(N)c(N(C)C(=O)c2nc(-c3ccccc3)oc2C)c(=O)[nH]c1=O. The second kappa shape index (κ2) is 8.17. The number of hydrogen-bond acceptors (Lipinski definition) is 6. The molecule has 9 nitrogen and oxygen atoms in total. The van der Waals surface area contributed by atoms with Crippen LogP contribution in [0.25, 0.3) is 11.5 Å². The van der Waals surface area contributed by atoms with E-state index in [1.165, 1.54) is 11.6 Å². The monoisotopic (exact) mass is 397 g/mol. The number of aryl methyl sites for hydroxylation is 1. The van der Waals surface area contributed by atoms with Crippen molar-refractivity contribution in [1.82, 2.24) is 14.5 Å². The summed E-state index contributed by atoms with van der Waals surface area (Å²) in [7, 11) is 1.41. The van der Waals surface area contributed by atoms with Crippen molar-refractivity contribution in [2.45, 2.75) is 33.2 Å². The minimum Gasteiger partial charge on any atom is -0.441 e. The van der Waals surface area contributed by atoms with Crippen LogP contribution in [-0.4, -0.2) is 27.5 Å². The van der Waals surface area contributed by atoms with Gasteiger partial charge in [0.25, 0.3) is 11.5 Å². The predicted molar refractivity (Wildman–Crippen MR) is 110 cm³/mol. The van der Waals surface area contributed by atoms with Crippen LogP contribution in [0.15, 0.2) is 44.3 Å². The lowest BCUT2D eigenvalue weighted by atomic mass is 10.2. The Morgan fingerprint density at radius 2 is 1.97 bits per heavy atom. The van der Waals surface area contributed by atoms with Gasteiger partial charge in [0.2, 0.25) is 5.89 Å². The molecule has 0 fully saturated rings. The first kappa shape index (κ1) is 20.1. The van der Waals surface area contributed by atoms with E-state index < -0.39 is 17.2 Å². The fourth-order valence-corrected chi connectivity index (χ4v) is 3.00. The summed E-state index contributed by atoms with van der Waals surface area (Å²) in [5.74, 6) is -0.0107. The number of H-pyrrole nitrogens is 1. The molecule has 3 aromatic rings. The van der Waals surface area contributed by atoms with E-state index in [-0.39, 0.29) is 17.2 Å². The molecule has 0 aliphatic rings. The van der Waals surface area contributed by atoms with Gasteiger partial charge in [-0.1, -0.05) is 31.5 Å². The Labute approximate surface area is 166 Å². The number of aromatic amines is 1. The van der Waals surface area contributed by atoms with Gasteiger partial charge in [-0.2, -0.15) is 0 Å². The minimum absolute atomic E-state index is 0.0625. The average molecular weight is 397 g/mol. The van der Waals surface area contributed by atoms with E-state index in [0.29, 0.717) is 24.6 Å². The number of carbonyl (C=O) groups is 1. The predicted octanol–water partition coefficient (Wildman–Crippen LogP) is 2.16. The van der Waals surface area contributed by atoms with Crippen LogP contribution in [0, 0.1) is 6.92 Å². The molecule has 3 rings (SSSR count). The Balaban J connectivity index is 2.00. The van der Waals surface area contributed by atoms with Gasteiger partial charge in [-0.25, -0.2) is 9.78 Å². The van der Waals surface area contributed by atoms with Crippen LogP contribution in [0.4, 0.5) is 11.5 Å². The summed E-state index contributed by atoms with van der Waals surface area (Å²) in [6.07, 6.45) is 1.55. The third kappa shape index (κ3) is 3.84. The summed E-state index contributed by atoms with van der Waals surface area (Å²) in [4.78, 5) is 45.1. The van der Waals surface area contributed by atoms with Crippen LogP contribution in [0.5, 0.6) is 0 Å². The first-order valence-corrected chi connectivity index (χ1v) is 9.28. The third-order valence-corrected chi connectivity index (χ3v) is 4.61. The van der Waals surface area contributed by atoms with Gasteiger partial charge in [-0.3, -0.25) is 19.1 Å². The Bertz CT molecular complexity index is 1140. The molecule has 0 bridgehead atoms. The summed E-state index contributed by atoms with van der Waals surface area (Å²) in [6.45, 7) is 3.94. The molecule has 29 heavy (non-hydrogen) atoms. The largest absolute Gasteiger partial charge is 0.441 e. The molecule has 1 aromatic carbocycles. The van der Waals surface area contributed by atoms with Gasteiger partial charge in [0.05, 0.1) is 0 Å². The summed E-state index contributed by atoms with van der Waals surface area (Å²) < 4.78 is 6.89. The number of nitrogens with two attached hydrogens (primary N) is 1. The summed E-state index contributed by atoms with van der Waals surface area (Å²) in [6, 6.07) is 9.16. The first-order valence-electron chi connectivity index (χ1n) is 9.28. The van der Waals surface area contributed by atoms with Gasteiger partial charge in [0.1, 0.15) is 11.6 Å². The lowest BCUT2D eigenvalue weighted by Gasteiger charge is -2.19. The summed E-state index contributed by atoms with van der Waals surface area (Å²) in [5, 5.41) is 0. The Kier molecular flexibility index (Phi) is 5.67. The van der Waals surface area contributed by atoms with Crippen LogP contribution in [0.3, 0.4) is 0 Å². The molecule has 0 atom stereocenters. The maximum absolute atomic E-state index is 13.0. The quantitative estimate of drug-likeness (QED) is 0.656. The standard InChI is InChI=1S/C20H23N5O4/c1-4-5-11-25-16(21)15(17(26)23-20(25)28)24(3)19(27)14-12(2)29-18(22-14)13-9-7-6-8-10-13/h6-10H,4-5,11,21H2,1-3H3,(H,23,26,28). The molecule has 152 valence electrons. The Morgan fingerprint density at radius 1 is 1.28 bits per heavy atom. The Hall–Kier alpha value is -3.62. The van der Waals surface area contributed by atoms with Crippen LogP contribution in [-0.2, 0) is 6.54 Å². The highest BCUT2D eigenvalue weighted by Gasteiger charge is 2.26. The average Bonchev–Trinajstić information content (AvgIpc) is 3.09. The maximum atomic E-state index is 13.0. The second-order valence-electron chi connectivity index (χ2n) is 6.65. The van der Waals surface area contributed by atoms with Crippen molar-refractivity contribution < 1.29 is 9.21 Å². The number of aromatic nitrogens is 3. The van der Waals surface area contributed by atoms with Crippen molar-refractivity contribution in [3.8, 4) is 11.5 Å². The molecule has 0 spiro atoms. The number of amides is 1. The van der Waals surface area contributed by atoms with Crippen LogP contribution in [0.1, 0.15) is 36.0 Å². The normalized spacial score (nSPS) is 10.9. The molecule has 1 amide bonds. The van der Waals surface area contributed by atoms with Crippen molar-refractivity contribution in [3.05, 3.63) is 62.6 Å². The minimum atomic E-state index is -0.736. The zero-order valence-electron chi connectivity index (χ0n) is 16.6. The van der Waals surface area contributed by atoms with Gasteiger partial charge in [0.15, 0.2) is 11.4 Å². The lowest BCUT2D eigenvalue weighted by molar-refractivity contribution is 0.0987. The number of hydrogen-bond donors (Lipinski definition) is 2. The van der Waals surface area contributed by atoms with Gasteiger partial charge in [-0.15, -0.1) is 0 Å². The summed E-state index contributed by atoms with van der Waals surface area (Å²) in [5.41, 5.74) is 5.43. The van der Waals surface area contributed by atoms with Gasteiger partial charge in [0, 0.05) is 19.2 Å². The molecule has 0 saturated carbocycles. The third-order valence-electron chi connectivity index (χ3n) is 4.61. The number of nitrogens with one attached hydrogen (secondary N) is 1. The second-order valence-corrected chi connectivity index (χ2v) is 6.65. The highest BCUT2D eigenvalue weighted by Crippen LogP contribution is 2.24. The summed E-state index contributed by atoms with van der Waals surface area (Å²) >= 11 is 0.